The van der Waals surface area contributed by atoms with Gasteiger partial charge in [0.2, 0.25) is 0 Å². The summed E-state index contributed by atoms with van der Waals surface area (Å²) >= 11 is 0. The van der Waals surface area contributed by atoms with Crippen LogP contribution in [0.25, 0.3) is 15.9 Å². The smallest absolute Gasteiger partial charge is 0.291 e. The fraction of sp³-hybridized carbons (Fsp3) is 0.125. The molecule has 7 heteroatoms. The van der Waals surface area contributed by atoms with Gasteiger partial charge in [-0.15, -0.1) is 5.10 Å². The van der Waals surface area contributed by atoms with Gasteiger partial charge >= 0.3 is 6.67 Å². The third-order valence-electron chi connectivity index (χ3n) is 1.91. The van der Waals surface area contributed by atoms with Gasteiger partial charge in [0.15, 0.2) is 0 Å². The van der Waals surface area contributed by atoms with Crippen LogP contribution in [0.5, 0.6) is 0 Å². The van der Waals surface area contributed by atoms with Crippen LogP contribution in [0, 0.1) is 16.7 Å². The summed E-state index contributed by atoms with van der Waals surface area (Å²) in [7, 11) is 0. The van der Waals surface area contributed by atoms with Crippen LogP contribution in [0.1, 0.15) is 0 Å². The first-order valence-corrected chi connectivity index (χ1v) is 4.03. The van der Waals surface area contributed by atoms with Crippen LogP contribution in [0.4, 0.5) is 5.69 Å². The van der Waals surface area contributed by atoms with E-state index < -0.39 is 4.92 Å². The summed E-state index contributed by atoms with van der Waals surface area (Å²) < 4.78 is 1.33. The summed E-state index contributed by atoms with van der Waals surface area (Å²) in [6.45, 7) is 6.71. The minimum atomic E-state index is -0.491. The van der Waals surface area contributed by atoms with Crippen molar-refractivity contribution in [2.24, 2.45) is 0 Å². The first-order valence-electron chi connectivity index (χ1n) is 4.03. The van der Waals surface area contributed by atoms with E-state index in [9.17, 15) is 10.1 Å². The number of nitro groups is 1. The van der Waals surface area contributed by atoms with Gasteiger partial charge in [0.05, 0.1) is 4.92 Å². The number of fused-ring (bicyclic) bond motifs is 1. The van der Waals surface area contributed by atoms with Gasteiger partial charge in [-0.3, -0.25) is 15.0 Å². The van der Waals surface area contributed by atoms with E-state index in [1.165, 1.54) is 22.9 Å². The maximum absolute atomic E-state index is 10.5. The SMILES string of the molecule is [C-]#[N+]Cn1nnc2ccc([N+](=O)[O-])cc21. The summed E-state index contributed by atoms with van der Waals surface area (Å²) in [5.41, 5.74) is 1.01. The third kappa shape index (κ3) is 1.48. The molecule has 0 unspecified atom stereocenters. The Balaban J connectivity index is 2.62. The standard InChI is InChI=1S/C8H5N5O2/c1-9-5-12-8-4-6(13(14)15)2-3-7(8)10-11-12/h2-4H,5H2. The molecule has 0 amide bonds. The van der Waals surface area contributed by atoms with Crippen molar-refractivity contribution in [2.45, 2.75) is 6.67 Å². The van der Waals surface area contributed by atoms with Crippen molar-refractivity contribution in [3.8, 4) is 0 Å². The van der Waals surface area contributed by atoms with Gasteiger partial charge in [-0.05, 0) is 6.07 Å². The minimum absolute atomic E-state index is 0.0116. The van der Waals surface area contributed by atoms with Crippen molar-refractivity contribution in [1.29, 1.82) is 0 Å². The van der Waals surface area contributed by atoms with Crippen LogP contribution in [-0.4, -0.2) is 19.9 Å². The van der Waals surface area contributed by atoms with Crippen molar-refractivity contribution in [1.82, 2.24) is 15.0 Å². The molecule has 0 saturated heterocycles. The number of hydrogen-bond acceptors (Lipinski definition) is 4. The second kappa shape index (κ2) is 3.34. The molecule has 2 aromatic rings. The van der Waals surface area contributed by atoms with Gasteiger partial charge in [0.1, 0.15) is 11.0 Å². The van der Waals surface area contributed by atoms with E-state index in [1.54, 1.807) is 0 Å². The number of rotatable bonds is 2. The van der Waals surface area contributed by atoms with Gasteiger partial charge in [-0.2, -0.15) is 4.68 Å². The van der Waals surface area contributed by atoms with Crippen LogP contribution < -0.4 is 0 Å². The Morgan fingerprint density at radius 2 is 2.40 bits per heavy atom. The summed E-state index contributed by atoms with van der Waals surface area (Å²) in [5, 5.41) is 18.0. The monoisotopic (exact) mass is 203 g/mol. The Kier molecular flexibility index (Phi) is 2.02. The molecule has 0 bridgehead atoms. The number of non-ortho nitro benzene ring substituents is 1. The number of aromatic nitrogens is 3. The first-order chi connectivity index (χ1) is 7.22. The van der Waals surface area contributed by atoms with E-state index >= 15 is 0 Å². The van der Waals surface area contributed by atoms with Gasteiger partial charge < -0.3 is 0 Å². The fourth-order valence-electron chi connectivity index (χ4n) is 1.24. The van der Waals surface area contributed by atoms with E-state index in [-0.39, 0.29) is 12.4 Å². The molecule has 0 atom stereocenters. The molecule has 0 N–H and O–H groups in total. The highest BCUT2D eigenvalue weighted by Crippen LogP contribution is 2.18. The summed E-state index contributed by atoms with van der Waals surface area (Å²) in [4.78, 5) is 13.2. The quantitative estimate of drug-likeness (QED) is 0.417. The zero-order valence-electron chi connectivity index (χ0n) is 7.49. The van der Waals surface area contributed by atoms with Crippen LogP contribution in [0.2, 0.25) is 0 Å². The second-order valence-corrected chi connectivity index (χ2v) is 2.82. The van der Waals surface area contributed by atoms with E-state index in [4.69, 9.17) is 6.57 Å². The van der Waals surface area contributed by atoms with Crippen LogP contribution in [0.3, 0.4) is 0 Å². The van der Waals surface area contributed by atoms with Crippen LogP contribution in [-0.2, 0) is 6.67 Å². The molecule has 15 heavy (non-hydrogen) atoms. The Morgan fingerprint density at radius 3 is 3.07 bits per heavy atom. The molecular weight excluding hydrogens is 198 g/mol. The van der Waals surface area contributed by atoms with Gasteiger partial charge in [0.25, 0.3) is 5.69 Å². The molecule has 1 aromatic carbocycles. The summed E-state index contributed by atoms with van der Waals surface area (Å²) in [5.74, 6) is 0. The van der Waals surface area contributed by atoms with Gasteiger partial charge in [-0.25, -0.2) is 6.57 Å². The molecule has 0 aliphatic rings. The highest BCUT2D eigenvalue weighted by molar-refractivity contribution is 5.77. The Morgan fingerprint density at radius 1 is 1.60 bits per heavy atom. The molecule has 2 rings (SSSR count). The Bertz CT molecular complexity index is 568. The van der Waals surface area contributed by atoms with Gasteiger partial charge in [-0.1, -0.05) is 5.21 Å². The van der Waals surface area contributed by atoms with E-state index in [1.807, 2.05) is 0 Å². The number of benzene rings is 1. The van der Waals surface area contributed by atoms with Gasteiger partial charge in [0, 0.05) is 12.1 Å². The van der Waals surface area contributed by atoms with Crippen molar-refractivity contribution >= 4 is 16.7 Å². The largest absolute Gasteiger partial charge is 0.309 e. The molecule has 74 valence electrons. The van der Waals surface area contributed by atoms with E-state index in [0.717, 1.165) is 0 Å². The molecule has 7 nitrogen and oxygen atoms in total. The molecule has 0 aliphatic heterocycles. The average molecular weight is 203 g/mol. The molecule has 0 spiro atoms. The molecule has 1 heterocycles. The highest BCUT2D eigenvalue weighted by Gasteiger charge is 2.11. The highest BCUT2D eigenvalue weighted by atomic mass is 16.6. The molecule has 1 aromatic heterocycles. The first kappa shape index (κ1) is 9.08. The zero-order valence-corrected chi connectivity index (χ0v) is 7.49. The lowest BCUT2D eigenvalue weighted by atomic mass is 10.3. The van der Waals surface area contributed by atoms with Crippen molar-refractivity contribution in [3.63, 3.8) is 0 Å². The minimum Gasteiger partial charge on any atom is -0.291 e. The topological polar surface area (TPSA) is 78.2 Å². The van der Waals surface area contributed by atoms with Crippen molar-refractivity contribution in [3.05, 3.63) is 39.7 Å². The van der Waals surface area contributed by atoms with Crippen LogP contribution >= 0.6 is 0 Å². The maximum Gasteiger partial charge on any atom is 0.309 e. The van der Waals surface area contributed by atoms with E-state index in [0.29, 0.717) is 11.0 Å². The Labute approximate surface area is 83.9 Å². The van der Waals surface area contributed by atoms with E-state index in [2.05, 4.69) is 15.2 Å². The lowest BCUT2D eigenvalue weighted by molar-refractivity contribution is -0.384. The maximum atomic E-state index is 10.5. The van der Waals surface area contributed by atoms with Crippen molar-refractivity contribution in [2.75, 3.05) is 0 Å². The molecule has 0 aliphatic carbocycles. The number of nitro benzene ring substituents is 1. The predicted molar refractivity (Wildman–Crippen MR) is 50.8 cm³/mol. The molecule has 0 radical (unpaired) electrons. The number of nitrogens with zero attached hydrogens (tertiary/aromatic N) is 5. The molecule has 0 fully saturated rings. The Hall–Kier alpha value is -2.49. The predicted octanol–water partition coefficient (Wildman–Crippen LogP) is 1.22. The normalized spacial score (nSPS) is 10.1. The third-order valence-corrected chi connectivity index (χ3v) is 1.91. The van der Waals surface area contributed by atoms with Crippen LogP contribution in [0.15, 0.2) is 18.2 Å². The zero-order chi connectivity index (χ0) is 10.8. The summed E-state index contributed by atoms with van der Waals surface area (Å²) in [6.07, 6.45) is 0. The van der Waals surface area contributed by atoms with Crippen molar-refractivity contribution < 1.29 is 4.92 Å². The lowest BCUT2D eigenvalue weighted by Crippen LogP contribution is -1.96. The molecular formula is C8H5N5O2. The summed E-state index contributed by atoms with van der Waals surface area (Å²) in [6, 6.07) is 4.24. The average Bonchev–Trinajstić information content (AvgIpc) is 2.61. The molecule has 0 saturated carbocycles. The lowest BCUT2D eigenvalue weighted by Gasteiger charge is -1.92. The number of hydrogen-bond donors (Lipinski definition) is 0. The second-order valence-electron chi connectivity index (χ2n) is 2.82. The fourth-order valence-corrected chi connectivity index (χ4v) is 1.24.